The summed E-state index contributed by atoms with van der Waals surface area (Å²) >= 11 is 0. The van der Waals surface area contributed by atoms with Crippen molar-refractivity contribution in [3.63, 3.8) is 0 Å². The van der Waals surface area contributed by atoms with Crippen molar-refractivity contribution in [1.29, 1.82) is 0 Å². The third-order valence-electron chi connectivity index (χ3n) is 5.78. The normalized spacial score (nSPS) is 16.8. The van der Waals surface area contributed by atoms with E-state index in [4.69, 9.17) is 4.42 Å². The van der Waals surface area contributed by atoms with Crippen molar-refractivity contribution in [1.82, 2.24) is 20.0 Å². The van der Waals surface area contributed by atoms with Crippen LogP contribution in [-0.4, -0.2) is 78.3 Å². The average Bonchev–Trinajstić information content (AvgIpc) is 3.36. The molecule has 0 bridgehead atoms. The molecule has 2 aliphatic rings. The maximum atomic E-state index is 12.8. The summed E-state index contributed by atoms with van der Waals surface area (Å²) < 4.78 is 5.22. The Hall–Kier alpha value is -3.29. The molecule has 0 saturated carbocycles. The molecule has 1 saturated heterocycles. The number of furan rings is 1. The Balaban J connectivity index is 1.33. The van der Waals surface area contributed by atoms with Crippen molar-refractivity contribution in [2.75, 3.05) is 45.8 Å². The Morgan fingerprint density at radius 3 is 2.42 bits per heavy atom. The second kappa shape index (κ2) is 9.68. The van der Waals surface area contributed by atoms with Gasteiger partial charge in [0.25, 0.3) is 5.91 Å². The fraction of sp³-hybridized carbons (Fsp3) is 0.435. The molecule has 0 unspecified atom stereocenters. The number of hydrogen-bond donors (Lipinski definition) is 1. The molecule has 31 heavy (non-hydrogen) atoms. The second-order valence-corrected chi connectivity index (χ2v) is 7.76. The Labute approximate surface area is 182 Å². The molecular weight excluding hydrogens is 394 g/mol. The Bertz CT molecular complexity index is 932. The number of piperazine rings is 1. The summed E-state index contributed by atoms with van der Waals surface area (Å²) in [5, 5.41) is 3.28. The summed E-state index contributed by atoms with van der Waals surface area (Å²) in [7, 11) is 0. The van der Waals surface area contributed by atoms with Gasteiger partial charge >= 0.3 is 0 Å². The van der Waals surface area contributed by atoms with E-state index in [1.165, 1.54) is 17.4 Å². The zero-order valence-electron chi connectivity index (χ0n) is 17.9. The van der Waals surface area contributed by atoms with Gasteiger partial charge in [-0.2, -0.15) is 0 Å². The lowest BCUT2D eigenvalue weighted by Crippen LogP contribution is -2.54. The molecule has 0 aliphatic carbocycles. The van der Waals surface area contributed by atoms with Crippen LogP contribution in [-0.2, 0) is 17.8 Å². The molecule has 164 valence electrons. The molecule has 8 nitrogen and oxygen atoms in total. The number of amides is 2. The molecule has 1 aromatic carbocycles. The van der Waals surface area contributed by atoms with Gasteiger partial charge in [-0.25, -0.2) is 4.99 Å². The summed E-state index contributed by atoms with van der Waals surface area (Å²) in [5.74, 6) is 1.03. The zero-order valence-corrected chi connectivity index (χ0v) is 17.9. The lowest BCUT2D eigenvalue weighted by Gasteiger charge is -2.36. The molecule has 4 rings (SSSR count). The second-order valence-electron chi connectivity index (χ2n) is 7.76. The van der Waals surface area contributed by atoms with Crippen LogP contribution in [0.2, 0.25) is 0 Å². The molecule has 0 spiro atoms. The van der Waals surface area contributed by atoms with E-state index in [0.29, 0.717) is 38.5 Å². The summed E-state index contributed by atoms with van der Waals surface area (Å²) in [4.78, 5) is 35.6. The summed E-state index contributed by atoms with van der Waals surface area (Å²) in [6, 6.07) is 11.7. The number of benzene rings is 1. The van der Waals surface area contributed by atoms with Crippen LogP contribution in [0.5, 0.6) is 0 Å². The fourth-order valence-electron chi connectivity index (χ4n) is 4.05. The molecule has 0 radical (unpaired) electrons. The van der Waals surface area contributed by atoms with Crippen molar-refractivity contribution < 1.29 is 14.0 Å². The third kappa shape index (κ3) is 4.90. The van der Waals surface area contributed by atoms with E-state index in [1.807, 2.05) is 24.0 Å². The van der Waals surface area contributed by atoms with Crippen molar-refractivity contribution in [2.45, 2.75) is 19.9 Å². The number of carbonyl (C=O) groups excluding carboxylic acids is 2. The minimum atomic E-state index is -0.0906. The monoisotopic (exact) mass is 423 g/mol. The van der Waals surface area contributed by atoms with Gasteiger partial charge in [-0.3, -0.25) is 9.59 Å². The fourth-order valence-corrected chi connectivity index (χ4v) is 4.05. The lowest BCUT2D eigenvalue weighted by molar-refractivity contribution is -0.130. The number of hydrogen-bond acceptors (Lipinski definition) is 4. The van der Waals surface area contributed by atoms with E-state index in [0.717, 1.165) is 25.5 Å². The van der Waals surface area contributed by atoms with E-state index in [1.54, 1.807) is 17.0 Å². The van der Waals surface area contributed by atoms with Gasteiger partial charge in [0.2, 0.25) is 5.91 Å². The number of fused-ring (bicyclic) bond motifs is 1. The highest BCUT2D eigenvalue weighted by atomic mass is 16.3. The maximum Gasteiger partial charge on any atom is 0.289 e. The molecule has 1 N–H and O–H groups in total. The number of nitrogens with zero attached hydrogens (tertiary/aromatic N) is 4. The van der Waals surface area contributed by atoms with Crippen LogP contribution >= 0.6 is 0 Å². The van der Waals surface area contributed by atoms with Crippen LogP contribution in [0.15, 0.2) is 52.1 Å². The molecule has 1 fully saturated rings. The first-order valence-electron chi connectivity index (χ1n) is 10.9. The topological polar surface area (TPSA) is 81.4 Å². The van der Waals surface area contributed by atoms with Gasteiger partial charge in [0, 0.05) is 45.8 Å². The predicted molar refractivity (Wildman–Crippen MR) is 118 cm³/mol. The SMILES string of the molecule is CCNC(=NCC(=O)N1CCc2ccccc2C1)N1CCN(C(=O)c2ccco2)CC1. The minimum absolute atomic E-state index is 0.0385. The quantitative estimate of drug-likeness (QED) is 0.597. The Kier molecular flexibility index (Phi) is 6.54. The van der Waals surface area contributed by atoms with Crippen LogP contribution in [0.25, 0.3) is 0 Å². The van der Waals surface area contributed by atoms with E-state index in [9.17, 15) is 9.59 Å². The summed E-state index contributed by atoms with van der Waals surface area (Å²) in [6.07, 6.45) is 2.40. The van der Waals surface area contributed by atoms with Crippen molar-refractivity contribution in [3.05, 3.63) is 59.5 Å². The highest BCUT2D eigenvalue weighted by Crippen LogP contribution is 2.18. The van der Waals surface area contributed by atoms with Crippen LogP contribution < -0.4 is 5.32 Å². The third-order valence-corrected chi connectivity index (χ3v) is 5.78. The molecule has 2 aliphatic heterocycles. The van der Waals surface area contributed by atoms with Gasteiger partial charge in [0.15, 0.2) is 11.7 Å². The predicted octanol–water partition coefficient (Wildman–Crippen LogP) is 1.59. The smallest absolute Gasteiger partial charge is 0.289 e. The van der Waals surface area contributed by atoms with Crippen LogP contribution in [0.4, 0.5) is 0 Å². The summed E-state index contributed by atoms with van der Waals surface area (Å²) in [6.45, 7) is 6.71. The first kappa shape index (κ1) is 21.0. The van der Waals surface area contributed by atoms with Gasteiger partial charge in [0.1, 0.15) is 6.54 Å². The Morgan fingerprint density at radius 1 is 0.968 bits per heavy atom. The molecular formula is C23H29N5O3. The molecule has 1 aromatic heterocycles. The average molecular weight is 424 g/mol. The van der Waals surface area contributed by atoms with Crippen LogP contribution in [0.3, 0.4) is 0 Å². The van der Waals surface area contributed by atoms with E-state index >= 15 is 0 Å². The molecule has 8 heteroatoms. The van der Waals surface area contributed by atoms with Crippen LogP contribution in [0, 0.1) is 0 Å². The number of aliphatic imine (C=N–C) groups is 1. The molecule has 2 aromatic rings. The minimum Gasteiger partial charge on any atom is -0.459 e. The van der Waals surface area contributed by atoms with E-state index in [2.05, 4.69) is 27.3 Å². The Morgan fingerprint density at radius 2 is 1.71 bits per heavy atom. The van der Waals surface area contributed by atoms with Crippen molar-refractivity contribution in [3.8, 4) is 0 Å². The highest BCUT2D eigenvalue weighted by Gasteiger charge is 2.26. The first-order chi connectivity index (χ1) is 15.2. The summed E-state index contributed by atoms with van der Waals surface area (Å²) in [5.41, 5.74) is 2.54. The van der Waals surface area contributed by atoms with Gasteiger partial charge in [-0.15, -0.1) is 0 Å². The largest absolute Gasteiger partial charge is 0.459 e. The van der Waals surface area contributed by atoms with Crippen molar-refractivity contribution in [2.24, 2.45) is 4.99 Å². The number of carbonyl (C=O) groups is 2. The first-order valence-corrected chi connectivity index (χ1v) is 10.9. The van der Waals surface area contributed by atoms with E-state index in [-0.39, 0.29) is 18.4 Å². The molecule has 2 amide bonds. The maximum absolute atomic E-state index is 12.8. The van der Waals surface area contributed by atoms with Gasteiger partial charge in [-0.1, -0.05) is 24.3 Å². The van der Waals surface area contributed by atoms with Crippen molar-refractivity contribution >= 4 is 17.8 Å². The van der Waals surface area contributed by atoms with Gasteiger partial charge < -0.3 is 24.4 Å². The zero-order chi connectivity index (χ0) is 21.6. The van der Waals surface area contributed by atoms with E-state index < -0.39 is 0 Å². The lowest BCUT2D eigenvalue weighted by atomic mass is 10.00. The van der Waals surface area contributed by atoms with Gasteiger partial charge in [-0.05, 0) is 36.6 Å². The van der Waals surface area contributed by atoms with Gasteiger partial charge in [0.05, 0.1) is 6.26 Å². The van der Waals surface area contributed by atoms with Crippen LogP contribution in [0.1, 0.15) is 28.6 Å². The molecule has 3 heterocycles. The number of nitrogens with one attached hydrogen (secondary N) is 1. The highest BCUT2D eigenvalue weighted by molar-refractivity contribution is 5.91. The molecule has 0 atom stereocenters. The standard InChI is InChI=1S/C23H29N5O3/c1-2-24-23(27-13-11-26(12-14-27)22(30)20-8-5-15-31-20)25-16-21(29)28-10-9-18-6-3-4-7-19(18)17-28/h3-8,15H,2,9-14,16-17H2,1H3,(H,24,25). The number of guanidine groups is 1. The number of rotatable bonds is 4.